The molecule has 0 unspecified atom stereocenters. The maximum atomic E-state index is 14.0. The number of carbonyl (C=O) groups is 2. The van der Waals surface area contributed by atoms with Crippen molar-refractivity contribution >= 4 is 17.5 Å². The highest BCUT2D eigenvalue weighted by molar-refractivity contribution is 5.95. The number of hydrogen-bond donors (Lipinski definition) is 2. The first-order chi connectivity index (χ1) is 20.7. The second-order valence-electron chi connectivity index (χ2n) is 11.6. The lowest BCUT2D eigenvalue weighted by molar-refractivity contribution is -0.144. The first kappa shape index (κ1) is 31.7. The zero-order chi connectivity index (χ0) is 31.8. The molecule has 16 heteroatoms. The third-order valence-electron chi connectivity index (χ3n) is 8.26. The minimum atomic E-state index is -4.45. The molecule has 3 aromatic heterocycles. The SMILES string of the molecule is Cc1c(C(=O)N[C@H](c2cn3ncc([C@H](NC(=O)CCC(F)(F)F)C4CC4)cc3n2)C2CCC(F)(F)CC2)cnn1CC(F)F. The molecular formula is C28H32F7N7O2. The summed E-state index contributed by atoms with van der Waals surface area (Å²) in [6.45, 7) is 0.792. The predicted molar refractivity (Wildman–Crippen MR) is 142 cm³/mol. The Morgan fingerprint density at radius 3 is 2.34 bits per heavy atom. The van der Waals surface area contributed by atoms with Gasteiger partial charge in [-0.1, -0.05) is 0 Å². The van der Waals surface area contributed by atoms with Crippen LogP contribution >= 0.6 is 0 Å². The molecule has 0 aromatic carbocycles. The second-order valence-corrected chi connectivity index (χ2v) is 11.6. The van der Waals surface area contributed by atoms with Gasteiger partial charge in [-0.3, -0.25) is 14.3 Å². The Morgan fingerprint density at radius 2 is 1.70 bits per heavy atom. The van der Waals surface area contributed by atoms with Crippen LogP contribution in [-0.2, 0) is 11.3 Å². The molecule has 2 atom stereocenters. The van der Waals surface area contributed by atoms with Crippen LogP contribution in [0.15, 0.2) is 24.7 Å². The molecule has 44 heavy (non-hydrogen) atoms. The molecule has 0 bridgehead atoms. The second kappa shape index (κ2) is 12.3. The fraction of sp³-hybridized carbons (Fsp3) is 0.607. The van der Waals surface area contributed by atoms with E-state index in [1.54, 1.807) is 12.3 Å². The molecule has 0 saturated heterocycles. The van der Waals surface area contributed by atoms with Crippen molar-refractivity contribution in [3.8, 4) is 0 Å². The monoisotopic (exact) mass is 631 g/mol. The highest BCUT2D eigenvalue weighted by Gasteiger charge is 2.40. The van der Waals surface area contributed by atoms with Gasteiger partial charge >= 0.3 is 6.18 Å². The number of carbonyl (C=O) groups excluding carboxylic acids is 2. The van der Waals surface area contributed by atoms with Gasteiger partial charge in [0.1, 0.15) is 6.54 Å². The van der Waals surface area contributed by atoms with Gasteiger partial charge in [-0.2, -0.15) is 23.4 Å². The Kier molecular flexibility index (Phi) is 8.89. The maximum absolute atomic E-state index is 14.0. The summed E-state index contributed by atoms with van der Waals surface area (Å²) in [5, 5.41) is 13.8. The van der Waals surface area contributed by atoms with E-state index in [9.17, 15) is 40.3 Å². The van der Waals surface area contributed by atoms with E-state index in [0.29, 0.717) is 16.9 Å². The van der Waals surface area contributed by atoms with E-state index in [0.717, 1.165) is 17.5 Å². The Bertz CT molecular complexity index is 1490. The Morgan fingerprint density at radius 1 is 1.02 bits per heavy atom. The third-order valence-corrected chi connectivity index (χ3v) is 8.26. The zero-order valence-corrected chi connectivity index (χ0v) is 23.8. The van der Waals surface area contributed by atoms with Crippen LogP contribution in [0.1, 0.15) is 90.8 Å². The smallest absolute Gasteiger partial charge is 0.349 e. The lowest BCUT2D eigenvalue weighted by Crippen LogP contribution is -2.37. The molecule has 2 fully saturated rings. The van der Waals surface area contributed by atoms with Crippen LogP contribution in [0.2, 0.25) is 0 Å². The Hall–Kier alpha value is -3.72. The molecule has 5 rings (SSSR count). The maximum Gasteiger partial charge on any atom is 0.389 e. The summed E-state index contributed by atoms with van der Waals surface area (Å²) in [4.78, 5) is 30.2. The summed E-state index contributed by atoms with van der Waals surface area (Å²) in [5.74, 6) is -4.55. The lowest BCUT2D eigenvalue weighted by Gasteiger charge is -2.33. The van der Waals surface area contributed by atoms with Gasteiger partial charge in [0.15, 0.2) is 5.65 Å². The number of halogens is 7. The van der Waals surface area contributed by atoms with E-state index < -0.39 is 67.7 Å². The molecule has 3 aromatic rings. The van der Waals surface area contributed by atoms with E-state index in [1.165, 1.54) is 23.8 Å². The van der Waals surface area contributed by atoms with E-state index in [1.807, 2.05) is 0 Å². The van der Waals surface area contributed by atoms with E-state index >= 15 is 0 Å². The van der Waals surface area contributed by atoms with Crippen LogP contribution in [0.25, 0.3) is 5.65 Å². The van der Waals surface area contributed by atoms with Crippen molar-refractivity contribution in [3.63, 3.8) is 0 Å². The first-order valence-corrected chi connectivity index (χ1v) is 14.4. The molecule has 0 radical (unpaired) electrons. The van der Waals surface area contributed by atoms with Crippen molar-refractivity contribution in [2.24, 2.45) is 11.8 Å². The highest BCUT2D eigenvalue weighted by Crippen LogP contribution is 2.43. The van der Waals surface area contributed by atoms with Crippen LogP contribution in [0.3, 0.4) is 0 Å². The van der Waals surface area contributed by atoms with Crippen LogP contribution in [-0.4, -0.2) is 54.7 Å². The van der Waals surface area contributed by atoms with E-state index in [-0.39, 0.29) is 42.9 Å². The number of hydrogen-bond acceptors (Lipinski definition) is 5. The molecule has 2 aliphatic carbocycles. The zero-order valence-electron chi connectivity index (χ0n) is 23.8. The molecule has 2 aliphatic rings. The average molecular weight is 632 g/mol. The summed E-state index contributed by atoms with van der Waals surface area (Å²) >= 11 is 0. The lowest BCUT2D eigenvalue weighted by atomic mass is 9.81. The van der Waals surface area contributed by atoms with Gasteiger partial charge < -0.3 is 10.6 Å². The van der Waals surface area contributed by atoms with Crippen molar-refractivity contribution in [1.82, 2.24) is 35.0 Å². The molecule has 9 nitrogen and oxygen atoms in total. The molecule has 3 heterocycles. The summed E-state index contributed by atoms with van der Waals surface area (Å²) < 4.78 is 94.1. The number of nitrogens with zero attached hydrogens (tertiary/aromatic N) is 5. The molecule has 2 saturated carbocycles. The van der Waals surface area contributed by atoms with Gasteiger partial charge in [-0.05, 0) is 56.1 Å². The predicted octanol–water partition coefficient (Wildman–Crippen LogP) is 5.71. The van der Waals surface area contributed by atoms with Gasteiger partial charge in [0.2, 0.25) is 11.8 Å². The van der Waals surface area contributed by atoms with Crippen molar-refractivity contribution in [1.29, 1.82) is 0 Å². The number of imidazole rings is 1. The third kappa shape index (κ3) is 7.67. The van der Waals surface area contributed by atoms with Gasteiger partial charge in [-0.25, -0.2) is 27.1 Å². The molecular weight excluding hydrogens is 599 g/mol. The fourth-order valence-corrected chi connectivity index (χ4v) is 5.67. The van der Waals surface area contributed by atoms with Crippen LogP contribution in [0.5, 0.6) is 0 Å². The molecule has 2 N–H and O–H groups in total. The van der Waals surface area contributed by atoms with Crippen LogP contribution < -0.4 is 10.6 Å². The molecule has 0 aliphatic heterocycles. The summed E-state index contributed by atoms with van der Waals surface area (Å²) in [7, 11) is 0. The first-order valence-electron chi connectivity index (χ1n) is 14.4. The number of aromatic nitrogens is 5. The number of amides is 2. The Balaban J connectivity index is 1.40. The number of rotatable bonds is 11. The van der Waals surface area contributed by atoms with Crippen LogP contribution in [0.4, 0.5) is 30.7 Å². The minimum Gasteiger partial charge on any atom is -0.349 e. The highest BCUT2D eigenvalue weighted by atomic mass is 19.4. The number of fused-ring (bicyclic) bond motifs is 1. The van der Waals surface area contributed by atoms with Crippen molar-refractivity contribution in [2.45, 2.75) is 95.4 Å². The largest absolute Gasteiger partial charge is 0.389 e. The van der Waals surface area contributed by atoms with E-state index in [2.05, 4.69) is 25.8 Å². The van der Waals surface area contributed by atoms with Crippen molar-refractivity contribution in [2.75, 3.05) is 0 Å². The average Bonchev–Trinajstić information content (AvgIpc) is 3.60. The van der Waals surface area contributed by atoms with E-state index in [4.69, 9.17) is 0 Å². The van der Waals surface area contributed by atoms with Crippen molar-refractivity contribution in [3.05, 3.63) is 47.2 Å². The van der Waals surface area contributed by atoms with Gasteiger partial charge in [0.05, 0.1) is 48.4 Å². The van der Waals surface area contributed by atoms with Crippen LogP contribution in [0, 0.1) is 18.8 Å². The van der Waals surface area contributed by atoms with Gasteiger partial charge in [0.25, 0.3) is 12.3 Å². The standard InChI is InChI=1S/C28H32F7N7O2/c1-15-19(12-37-41(15)14-21(29)30)26(44)40-25(17-4-7-27(31,32)8-5-17)20-13-42-22(38-20)10-18(11-36-42)24(16-2-3-16)39-23(43)6-9-28(33,34)35/h10-13,16-17,21,24-25H,2-9,14H2,1H3,(H,39,43)(H,40,44)/t24-,25+/m1/s1. The fourth-order valence-electron chi connectivity index (χ4n) is 5.67. The van der Waals surface area contributed by atoms with Crippen molar-refractivity contribution < 1.29 is 40.3 Å². The molecule has 2 amide bonds. The minimum absolute atomic E-state index is 0.0358. The number of nitrogens with one attached hydrogen (secondary N) is 2. The quantitative estimate of drug-likeness (QED) is 0.264. The number of alkyl halides is 7. The summed E-state index contributed by atoms with van der Waals surface area (Å²) in [6.07, 6.45) is -3.83. The molecule has 0 spiro atoms. The summed E-state index contributed by atoms with van der Waals surface area (Å²) in [5.41, 5.74) is 1.51. The van der Waals surface area contributed by atoms with Gasteiger partial charge in [0, 0.05) is 25.0 Å². The molecule has 240 valence electrons. The topological polar surface area (TPSA) is 106 Å². The summed E-state index contributed by atoms with van der Waals surface area (Å²) in [6, 6.07) is 0.274. The van der Waals surface area contributed by atoms with Gasteiger partial charge in [-0.15, -0.1) is 0 Å². The Labute approximate surface area is 247 Å². The normalized spacial score (nSPS) is 18.8.